The lowest BCUT2D eigenvalue weighted by Crippen LogP contribution is -2.50. The molecule has 3 saturated heterocycles. The SMILES string of the molecule is CC(C)OC(=O)[C@@H]1ON2O[C@H](O[C@@H]3CCCC3(c3ccccc3)c3ccccc3)C[C@H]3O[C@H](O)[C@@H]1[C@H]32. The second kappa shape index (κ2) is 9.52. The van der Waals surface area contributed by atoms with Crippen molar-refractivity contribution in [3.05, 3.63) is 71.8 Å². The van der Waals surface area contributed by atoms with E-state index in [4.69, 9.17) is 23.9 Å². The molecule has 0 radical (unpaired) electrons. The van der Waals surface area contributed by atoms with Crippen molar-refractivity contribution in [2.24, 2.45) is 5.92 Å². The number of carbonyl (C=O) groups excluding carboxylic acids is 1. The number of nitrogens with zero attached hydrogens (tertiary/aromatic N) is 1. The Balaban J connectivity index is 1.25. The summed E-state index contributed by atoms with van der Waals surface area (Å²) in [6.45, 7) is 3.55. The number of hydroxylamine groups is 2. The summed E-state index contributed by atoms with van der Waals surface area (Å²) in [6.07, 6.45) is -0.288. The lowest BCUT2D eigenvalue weighted by atomic mass is 9.71. The van der Waals surface area contributed by atoms with E-state index in [1.807, 2.05) is 12.1 Å². The van der Waals surface area contributed by atoms with E-state index in [0.717, 1.165) is 19.3 Å². The van der Waals surface area contributed by atoms with Crippen LogP contribution >= 0.6 is 0 Å². The van der Waals surface area contributed by atoms with Crippen molar-refractivity contribution >= 4 is 5.97 Å². The number of aliphatic hydroxyl groups excluding tert-OH is 1. The van der Waals surface area contributed by atoms with Gasteiger partial charge in [-0.15, -0.1) is 0 Å². The van der Waals surface area contributed by atoms with Gasteiger partial charge in [-0.3, -0.25) is 4.84 Å². The van der Waals surface area contributed by atoms with Crippen molar-refractivity contribution in [3.63, 3.8) is 0 Å². The molecule has 192 valence electrons. The molecule has 7 atom stereocenters. The van der Waals surface area contributed by atoms with Crippen LogP contribution < -0.4 is 0 Å². The molecule has 1 aliphatic carbocycles. The predicted molar refractivity (Wildman–Crippen MR) is 128 cm³/mol. The summed E-state index contributed by atoms with van der Waals surface area (Å²) in [6, 6.07) is 20.6. The maximum atomic E-state index is 12.7. The van der Waals surface area contributed by atoms with Gasteiger partial charge < -0.3 is 19.3 Å². The highest BCUT2D eigenvalue weighted by Gasteiger charge is 2.63. The van der Waals surface area contributed by atoms with Crippen molar-refractivity contribution in [1.29, 1.82) is 0 Å². The van der Waals surface area contributed by atoms with Crippen molar-refractivity contribution in [3.8, 4) is 0 Å². The van der Waals surface area contributed by atoms with Gasteiger partial charge in [-0.1, -0.05) is 65.9 Å². The second-order valence-electron chi connectivity index (χ2n) is 10.4. The maximum Gasteiger partial charge on any atom is 0.338 e. The Morgan fingerprint density at radius 2 is 1.72 bits per heavy atom. The predicted octanol–water partition coefficient (Wildman–Crippen LogP) is 3.47. The monoisotopic (exact) mass is 495 g/mol. The van der Waals surface area contributed by atoms with Crippen LogP contribution in [0.5, 0.6) is 0 Å². The summed E-state index contributed by atoms with van der Waals surface area (Å²) >= 11 is 0. The Labute approximate surface area is 210 Å². The van der Waals surface area contributed by atoms with Crippen LogP contribution in [0.4, 0.5) is 0 Å². The number of rotatable bonds is 6. The van der Waals surface area contributed by atoms with Crippen LogP contribution in [0.3, 0.4) is 0 Å². The van der Waals surface area contributed by atoms with Crippen LogP contribution in [0, 0.1) is 5.92 Å². The molecule has 0 spiro atoms. The molecule has 1 saturated carbocycles. The first-order valence-electron chi connectivity index (χ1n) is 12.9. The summed E-state index contributed by atoms with van der Waals surface area (Å²) in [5, 5.41) is 11.9. The normalized spacial score (nSPS) is 35.2. The fourth-order valence-corrected chi connectivity index (χ4v) is 6.48. The number of ether oxygens (including phenoxy) is 3. The highest BCUT2D eigenvalue weighted by Crippen LogP contribution is 2.50. The first-order valence-corrected chi connectivity index (χ1v) is 12.9. The smallest absolute Gasteiger partial charge is 0.338 e. The molecular formula is C28H33NO7. The molecular weight excluding hydrogens is 462 g/mol. The molecule has 6 rings (SSSR count). The van der Waals surface area contributed by atoms with Gasteiger partial charge in [0.05, 0.1) is 24.2 Å². The Bertz CT molecular complexity index is 1020. The fraction of sp³-hybridized carbons (Fsp3) is 0.536. The van der Waals surface area contributed by atoms with E-state index in [-0.39, 0.29) is 23.7 Å². The molecule has 4 aliphatic rings. The highest BCUT2D eigenvalue weighted by molar-refractivity contribution is 5.75. The van der Waals surface area contributed by atoms with Gasteiger partial charge in [-0.2, -0.15) is 0 Å². The Morgan fingerprint density at radius 3 is 2.36 bits per heavy atom. The van der Waals surface area contributed by atoms with Gasteiger partial charge in [-0.05, 0) is 44.2 Å². The lowest BCUT2D eigenvalue weighted by Gasteiger charge is -2.41. The van der Waals surface area contributed by atoms with E-state index in [9.17, 15) is 9.90 Å². The maximum absolute atomic E-state index is 12.7. The third kappa shape index (κ3) is 3.97. The van der Waals surface area contributed by atoms with E-state index in [1.54, 1.807) is 13.8 Å². The van der Waals surface area contributed by atoms with Gasteiger partial charge in [0, 0.05) is 11.8 Å². The first-order chi connectivity index (χ1) is 17.5. The zero-order valence-corrected chi connectivity index (χ0v) is 20.6. The molecule has 0 aromatic heterocycles. The number of aliphatic hydroxyl groups is 1. The van der Waals surface area contributed by atoms with Crippen LogP contribution in [-0.4, -0.2) is 59.3 Å². The van der Waals surface area contributed by atoms with Crippen molar-refractivity contribution < 1.29 is 33.8 Å². The lowest BCUT2D eigenvalue weighted by molar-refractivity contribution is -0.448. The van der Waals surface area contributed by atoms with Crippen LogP contribution in [0.15, 0.2) is 60.7 Å². The molecule has 3 aliphatic heterocycles. The zero-order valence-electron chi connectivity index (χ0n) is 20.6. The highest BCUT2D eigenvalue weighted by atomic mass is 17.0. The molecule has 4 fully saturated rings. The third-order valence-electron chi connectivity index (χ3n) is 7.94. The Hall–Kier alpha value is -2.33. The molecule has 36 heavy (non-hydrogen) atoms. The first kappa shape index (κ1) is 24.0. The third-order valence-corrected chi connectivity index (χ3v) is 7.94. The molecule has 8 heteroatoms. The summed E-state index contributed by atoms with van der Waals surface area (Å²) < 4.78 is 17.9. The Morgan fingerprint density at radius 1 is 1.06 bits per heavy atom. The summed E-state index contributed by atoms with van der Waals surface area (Å²) in [7, 11) is 0. The molecule has 2 aromatic carbocycles. The van der Waals surface area contributed by atoms with Gasteiger partial charge >= 0.3 is 5.97 Å². The van der Waals surface area contributed by atoms with Gasteiger partial charge in [-0.25, -0.2) is 9.63 Å². The molecule has 1 N–H and O–H groups in total. The molecule has 8 nitrogen and oxygen atoms in total. The number of esters is 1. The van der Waals surface area contributed by atoms with Crippen molar-refractivity contribution in [2.75, 3.05) is 0 Å². The van der Waals surface area contributed by atoms with Crippen molar-refractivity contribution in [1.82, 2.24) is 5.23 Å². The number of hydrogen-bond acceptors (Lipinski definition) is 8. The summed E-state index contributed by atoms with van der Waals surface area (Å²) in [5.41, 5.74) is 2.12. The average Bonchev–Trinajstić information content (AvgIpc) is 3.56. The summed E-state index contributed by atoms with van der Waals surface area (Å²) in [4.78, 5) is 24.7. The largest absolute Gasteiger partial charge is 0.461 e. The average molecular weight is 496 g/mol. The minimum atomic E-state index is -1.14. The van der Waals surface area contributed by atoms with Gasteiger partial charge in [0.15, 0.2) is 18.7 Å². The molecule has 0 amide bonds. The second-order valence-corrected chi connectivity index (χ2v) is 10.4. The number of benzene rings is 2. The van der Waals surface area contributed by atoms with Crippen LogP contribution in [0.1, 0.15) is 50.7 Å². The zero-order chi connectivity index (χ0) is 24.9. The van der Waals surface area contributed by atoms with Gasteiger partial charge in [0.2, 0.25) is 0 Å². The molecule has 0 bridgehead atoms. The van der Waals surface area contributed by atoms with Gasteiger partial charge in [0.1, 0.15) is 6.04 Å². The van der Waals surface area contributed by atoms with Gasteiger partial charge in [0.25, 0.3) is 0 Å². The van der Waals surface area contributed by atoms with Crippen LogP contribution in [-0.2, 0) is 34.1 Å². The van der Waals surface area contributed by atoms with Crippen LogP contribution in [0.25, 0.3) is 0 Å². The number of carbonyl (C=O) groups is 1. The molecule has 3 heterocycles. The van der Waals surface area contributed by atoms with E-state index < -0.39 is 36.6 Å². The molecule has 2 aromatic rings. The molecule has 0 unspecified atom stereocenters. The minimum absolute atomic E-state index is 0.129. The minimum Gasteiger partial charge on any atom is -0.461 e. The van der Waals surface area contributed by atoms with E-state index in [0.29, 0.717) is 6.42 Å². The van der Waals surface area contributed by atoms with Crippen molar-refractivity contribution in [2.45, 2.75) is 88.0 Å². The van der Waals surface area contributed by atoms with E-state index in [2.05, 4.69) is 48.5 Å². The summed E-state index contributed by atoms with van der Waals surface area (Å²) in [5.74, 6) is -1.11. The van der Waals surface area contributed by atoms with Crippen LogP contribution in [0.2, 0.25) is 0 Å². The van der Waals surface area contributed by atoms with E-state index >= 15 is 0 Å². The fourth-order valence-electron chi connectivity index (χ4n) is 6.48. The topological polar surface area (TPSA) is 86.7 Å². The quantitative estimate of drug-likeness (QED) is 0.610. The van der Waals surface area contributed by atoms with E-state index in [1.165, 1.54) is 16.4 Å². The Kier molecular flexibility index (Phi) is 6.35. The number of hydrogen-bond donors (Lipinski definition) is 1. The standard InChI is InChI=1S/C28H33NO7/c1-17(2)32-27(31)25-23-24-20(33-26(23)30)16-22(35-29(24)36-25)34-21-14-9-15-28(21,18-10-5-3-6-11-18)19-12-7-4-8-13-19/h3-8,10-13,17,20-26,30H,9,14-16H2,1-2H3/t20-,21-,22+,23-,24+,25-,26+/m1/s1.